The van der Waals surface area contributed by atoms with Crippen LogP contribution in [-0.4, -0.2) is 19.2 Å². The molecule has 0 radical (unpaired) electrons. The van der Waals surface area contributed by atoms with Crippen LogP contribution in [0, 0.1) is 6.92 Å². The summed E-state index contributed by atoms with van der Waals surface area (Å²) in [5.41, 5.74) is 5.79. The lowest BCUT2D eigenvalue weighted by molar-refractivity contribution is 0.0954. The van der Waals surface area contributed by atoms with E-state index in [2.05, 4.69) is 10.5 Å². The molecule has 3 rings (SSSR count). The Morgan fingerprint density at radius 3 is 2.55 bits per heavy atom. The number of halogens is 1. The van der Waals surface area contributed by atoms with E-state index in [1.54, 1.807) is 31.5 Å². The van der Waals surface area contributed by atoms with Gasteiger partial charge in [0.1, 0.15) is 6.61 Å². The Hall–Kier alpha value is -3.31. The molecule has 0 aliphatic heterocycles. The van der Waals surface area contributed by atoms with E-state index in [0.29, 0.717) is 28.7 Å². The molecule has 0 fully saturated rings. The summed E-state index contributed by atoms with van der Waals surface area (Å²) in [5, 5.41) is 4.72. The molecule has 0 unspecified atom stereocenters. The van der Waals surface area contributed by atoms with Gasteiger partial charge < -0.3 is 9.47 Å². The van der Waals surface area contributed by atoms with Gasteiger partial charge in [-0.1, -0.05) is 41.9 Å². The van der Waals surface area contributed by atoms with Crippen molar-refractivity contribution >= 4 is 23.7 Å². The number of amides is 1. The largest absolute Gasteiger partial charge is 0.493 e. The number of ether oxygens (including phenoxy) is 2. The second-order valence-corrected chi connectivity index (χ2v) is 6.78. The van der Waals surface area contributed by atoms with Crippen LogP contribution in [0.1, 0.15) is 27.0 Å². The molecule has 0 aliphatic rings. The Morgan fingerprint density at radius 1 is 1.07 bits per heavy atom. The van der Waals surface area contributed by atoms with E-state index < -0.39 is 0 Å². The maximum absolute atomic E-state index is 12.2. The quantitative estimate of drug-likeness (QED) is 0.442. The fourth-order valence-corrected chi connectivity index (χ4v) is 2.80. The third-order valence-electron chi connectivity index (χ3n) is 4.26. The molecule has 0 heterocycles. The fourth-order valence-electron chi connectivity index (χ4n) is 2.68. The summed E-state index contributed by atoms with van der Waals surface area (Å²) in [5.74, 6) is 0.936. The average Bonchev–Trinajstić information content (AvgIpc) is 2.74. The highest BCUT2D eigenvalue weighted by Crippen LogP contribution is 2.28. The van der Waals surface area contributed by atoms with Crippen LogP contribution in [0.15, 0.2) is 71.8 Å². The number of rotatable bonds is 7. The lowest BCUT2D eigenvalue weighted by Gasteiger charge is -2.11. The third-order valence-corrected chi connectivity index (χ3v) is 4.52. The standard InChI is InChI=1S/C23H21ClN2O3/c1-16-5-3-4-6-20(16)23(27)26-25-14-18-9-12-21(22(13-18)28-2)29-15-17-7-10-19(24)11-8-17/h3-14H,15H2,1-2H3,(H,26,27)/b25-14-. The van der Waals surface area contributed by atoms with E-state index in [1.165, 1.54) is 0 Å². The van der Waals surface area contributed by atoms with Crippen molar-refractivity contribution in [2.75, 3.05) is 7.11 Å². The average molecular weight is 409 g/mol. The first-order chi connectivity index (χ1) is 14.1. The van der Waals surface area contributed by atoms with Crippen molar-refractivity contribution < 1.29 is 14.3 Å². The summed E-state index contributed by atoms with van der Waals surface area (Å²) < 4.78 is 11.3. The number of nitrogens with one attached hydrogen (secondary N) is 1. The Kier molecular flexibility index (Phi) is 6.87. The van der Waals surface area contributed by atoms with Gasteiger partial charge in [-0.15, -0.1) is 0 Å². The maximum Gasteiger partial charge on any atom is 0.271 e. The molecule has 3 aromatic rings. The van der Waals surface area contributed by atoms with Crippen LogP contribution in [0.3, 0.4) is 0 Å². The Bertz CT molecular complexity index is 1020. The number of carbonyl (C=O) groups is 1. The Labute approximate surface area is 174 Å². The van der Waals surface area contributed by atoms with Gasteiger partial charge in [0.15, 0.2) is 11.5 Å². The molecule has 29 heavy (non-hydrogen) atoms. The molecular formula is C23H21ClN2O3. The van der Waals surface area contributed by atoms with Crippen molar-refractivity contribution in [3.63, 3.8) is 0 Å². The van der Waals surface area contributed by atoms with Crippen LogP contribution >= 0.6 is 11.6 Å². The van der Waals surface area contributed by atoms with Crippen molar-refractivity contribution in [1.29, 1.82) is 0 Å². The van der Waals surface area contributed by atoms with Crippen LogP contribution < -0.4 is 14.9 Å². The van der Waals surface area contributed by atoms with Crippen molar-refractivity contribution in [3.05, 3.63) is 94.0 Å². The van der Waals surface area contributed by atoms with Gasteiger partial charge in [0.25, 0.3) is 5.91 Å². The van der Waals surface area contributed by atoms with E-state index >= 15 is 0 Å². The Balaban J connectivity index is 1.63. The first-order valence-electron chi connectivity index (χ1n) is 9.01. The molecular weight excluding hydrogens is 388 g/mol. The van der Waals surface area contributed by atoms with Crippen LogP contribution in [0.5, 0.6) is 11.5 Å². The molecule has 0 atom stereocenters. The number of aryl methyl sites for hydroxylation is 1. The van der Waals surface area contributed by atoms with Gasteiger partial charge in [-0.2, -0.15) is 5.10 Å². The minimum absolute atomic E-state index is 0.255. The number of hydrogen-bond donors (Lipinski definition) is 1. The summed E-state index contributed by atoms with van der Waals surface area (Å²) >= 11 is 5.90. The smallest absolute Gasteiger partial charge is 0.271 e. The normalized spacial score (nSPS) is 10.7. The number of nitrogens with zero attached hydrogens (tertiary/aromatic N) is 1. The molecule has 0 saturated carbocycles. The van der Waals surface area contributed by atoms with Gasteiger partial charge in [0, 0.05) is 10.6 Å². The molecule has 6 heteroatoms. The first kappa shape index (κ1) is 20.4. The van der Waals surface area contributed by atoms with Crippen LogP contribution in [0.4, 0.5) is 0 Å². The van der Waals surface area contributed by atoms with Crippen molar-refractivity contribution in [1.82, 2.24) is 5.43 Å². The fraction of sp³-hybridized carbons (Fsp3) is 0.130. The van der Waals surface area contributed by atoms with Crippen molar-refractivity contribution in [2.45, 2.75) is 13.5 Å². The van der Waals surface area contributed by atoms with Crippen LogP contribution in [0.25, 0.3) is 0 Å². The van der Waals surface area contributed by atoms with Gasteiger partial charge in [-0.25, -0.2) is 5.43 Å². The molecule has 0 aromatic heterocycles. The number of hydrogen-bond acceptors (Lipinski definition) is 4. The summed E-state index contributed by atoms with van der Waals surface area (Å²) in [6.45, 7) is 2.28. The van der Waals surface area contributed by atoms with E-state index in [1.807, 2.05) is 55.5 Å². The molecule has 0 aliphatic carbocycles. The predicted molar refractivity (Wildman–Crippen MR) is 115 cm³/mol. The predicted octanol–water partition coefficient (Wildman–Crippen LogP) is 5.00. The topological polar surface area (TPSA) is 59.9 Å². The lowest BCUT2D eigenvalue weighted by Crippen LogP contribution is -2.18. The highest BCUT2D eigenvalue weighted by Gasteiger charge is 2.08. The van der Waals surface area contributed by atoms with Gasteiger partial charge in [0.05, 0.1) is 13.3 Å². The monoisotopic (exact) mass is 408 g/mol. The molecule has 148 valence electrons. The van der Waals surface area contributed by atoms with E-state index in [4.69, 9.17) is 21.1 Å². The summed E-state index contributed by atoms with van der Waals surface area (Å²) in [7, 11) is 1.57. The van der Waals surface area contributed by atoms with E-state index in [-0.39, 0.29) is 5.91 Å². The SMILES string of the molecule is COc1cc(/C=N\NC(=O)c2ccccc2C)ccc1OCc1ccc(Cl)cc1. The maximum atomic E-state index is 12.2. The Morgan fingerprint density at radius 2 is 1.83 bits per heavy atom. The minimum atomic E-state index is -0.255. The van der Waals surface area contributed by atoms with Crippen molar-refractivity contribution in [3.8, 4) is 11.5 Å². The van der Waals surface area contributed by atoms with Gasteiger partial charge >= 0.3 is 0 Å². The van der Waals surface area contributed by atoms with E-state index in [0.717, 1.165) is 16.7 Å². The second kappa shape index (κ2) is 9.75. The zero-order valence-corrected chi connectivity index (χ0v) is 16.9. The number of hydrazone groups is 1. The molecule has 0 bridgehead atoms. The molecule has 0 saturated heterocycles. The van der Waals surface area contributed by atoms with Crippen LogP contribution in [-0.2, 0) is 6.61 Å². The summed E-state index contributed by atoms with van der Waals surface area (Å²) in [6, 6.07) is 20.2. The molecule has 0 spiro atoms. The summed E-state index contributed by atoms with van der Waals surface area (Å²) in [4.78, 5) is 12.2. The van der Waals surface area contributed by atoms with E-state index in [9.17, 15) is 4.79 Å². The van der Waals surface area contributed by atoms with Crippen molar-refractivity contribution in [2.24, 2.45) is 5.10 Å². The number of methoxy groups -OCH3 is 1. The molecule has 5 nitrogen and oxygen atoms in total. The van der Waals surface area contributed by atoms with Gasteiger partial charge in [0.2, 0.25) is 0 Å². The molecule has 1 amide bonds. The van der Waals surface area contributed by atoms with Gasteiger partial charge in [-0.3, -0.25) is 4.79 Å². The summed E-state index contributed by atoms with van der Waals surface area (Å²) in [6.07, 6.45) is 1.56. The lowest BCUT2D eigenvalue weighted by atomic mass is 10.1. The second-order valence-electron chi connectivity index (χ2n) is 6.34. The number of carbonyl (C=O) groups excluding carboxylic acids is 1. The molecule has 3 aromatic carbocycles. The molecule has 1 N–H and O–H groups in total. The highest BCUT2D eigenvalue weighted by molar-refractivity contribution is 6.30. The third kappa shape index (κ3) is 5.59. The zero-order chi connectivity index (χ0) is 20.6. The number of benzene rings is 3. The first-order valence-corrected chi connectivity index (χ1v) is 9.39. The zero-order valence-electron chi connectivity index (χ0n) is 16.2. The van der Waals surface area contributed by atoms with Crippen LogP contribution in [0.2, 0.25) is 5.02 Å². The van der Waals surface area contributed by atoms with Gasteiger partial charge in [-0.05, 0) is 60.0 Å². The highest BCUT2D eigenvalue weighted by atomic mass is 35.5. The minimum Gasteiger partial charge on any atom is -0.493 e.